The number of ether oxygens (including phenoxy) is 5. The molecule has 2 heterocycles. The minimum absolute atomic E-state index is 0.0410. The third kappa shape index (κ3) is 9.30. The van der Waals surface area contributed by atoms with E-state index < -0.39 is 30.5 Å². The van der Waals surface area contributed by atoms with Crippen LogP contribution in [0.25, 0.3) is 0 Å². The highest BCUT2D eigenvalue weighted by Crippen LogP contribution is 2.20. The molecule has 0 saturated carbocycles. The number of carbonyl (C=O) groups is 2. The van der Waals surface area contributed by atoms with E-state index in [1.807, 2.05) is 0 Å². The average molecular weight is 482 g/mol. The number of rotatable bonds is 12. The third-order valence-corrected chi connectivity index (χ3v) is 4.48. The van der Waals surface area contributed by atoms with E-state index in [-0.39, 0.29) is 32.2 Å². The molecule has 1 fully saturated rings. The lowest BCUT2D eigenvalue weighted by Gasteiger charge is -2.14. The molecular weight excluding hydrogens is 457 g/mol. The number of hydrogen-bond donors (Lipinski definition) is 1. The molecule has 1 N–H and O–H groups in total. The molecule has 174 valence electrons. The number of nitrogens with one attached hydrogen (secondary N) is 1. The predicted octanol–water partition coefficient (Wildman–Crippen LogP) is 2.85. The first-order valence-electron chi connectivity index (χ1n) is 9.75. The van der Waals surface area contributed by atoms with Crippen molar-refractivity contribution in [3.8, 4) is 0 Å². The van der Waals surface area contributed by atoms with Crippen molar-refractivity contribution in [2.45, 2.75) is 38.2 Å². The van der Waals surface area contributed by atoms with E-state index in [0.717, 1.165) is 12.8 Å². The minimum Gasteiger partial charge on any atom is -0.449 e. The first-order valence-corrected chi connectivity index (χ1v) is 10.8. The second-order valence-corrected chi connectivity index (χ2v) is 7.07. The molecule has 1 amide bonds. The second kappa shape index (κ2) is 14.1. The maximum atomic E-state index is 12.2. The van der Waals surface area contributed by atoms with E-state index in [0.29, 0.717) is 24.6 Å². The summed E-state index contributed by atoms with van der Waals surface area (Å²) < 4.78 is 26.8. The summed E-state index contributed by atoms with van der Waals surface area (Å²) in [5, 5.41) is 2.37. The van der Waals surface area contributed by atoms with Crippen LogP contribution in [0, 0.1) is 0 Å². The Morgan fingerprint density at radius 2 is 1.84 bits per heavy atom. The number of amides is 1. The summed E-state index contributed by atoms with van der Waals surface area (Å²) in [6.07, 6.45) is 0.983. The van der Waals surface area contributed by atoms with Crippen LogP contribution in [0.2, 0.25) is 0 Å². The summed E-state index contributed by atoms with van der Waals surface area (Å²) in [7, 11) is 0. The Bertz CT molecular complexity index is 764. The zero-order chi connectivity index (χ0) is 22.5. The number of anilines is 1. The molecule has 0 spiro atoms. The first-order chi connectivity index (χ1) is 15.0. The third-order valence-electron chi connectivity index (χ3n) is 3.95. The predicted molar refractivity (Wildman–Crippen MR) is 111 cm³/mol. The number of unbranched alkanes of at least 4 members (excludes halogenated alkanes) is 2. The van der Waals surface area contributed by atoms with Gasteiger partial charge in [0.25, 0.3) is 0 Å². The quantitative estimate of drug-likeness (QED) is 0.272. The Labute approximate surface area is 188 Å². The van der Waals surface area contributed by atoms with Crippen LogP contribution < -0.4 is 11.0 Å². The number of alkyl halides is 2. The number of halogens is 2. The van der Waals surface area contributed by atoms with E-state index in [2.05, 4.69) is 10.3 Å². The minimum atomic E-state index is -0.854. The van der Waals surface area contributed by atoms with Crippen molar-refractivity contribution in [1.82, 2.24) is 9.55 Å². The summed E-state index contributed by atoms with van der Waals surface area (Å²) in [6.45, 7) is 0.286. The van der Waals surface area contributed by atoms with Gasteiger partial charge in [-0.2, -0.15) is 4.98 Å². The van der Waals surface area contributed by atoms with Crippen LogP contribution in [0.4, 0.5) is 15.4 Å². The zero-order valence-electron chi connectivity index (χ0n) is 16.8. The Morgan fingerprint density at radius 1 is 1.13 bits per heavy atom. The van der Waals surface area contributed by atoms with Crippen molar-refractivity contribution in [1.29, 1.82) is 0 Å². The highest BCUT2D eigenvalue weighted by atomic mass is 35.5. The van der Waals surface area contributed by atoms with Gasteiger partial charge >= 0.3 is 17.9 Å². The standard InChI is InChI=1S/C18H25Cl2N3O8/c19-6-1-3-9-27-17(25)22-13-5-8-23(16(24)21-13)14-11-29-15(31-14)12-30-18(26)28-10-4-2-7-20/h5,8,14-15H,1-4,6-7,9-12H2,(H,21,22,24,25). The van der Waals surface area contributed by atoms with E-state index in [9.17, 15) is 14.4 Å². The lowest BCUT2D eigenvalue weighted by molar-refractivity contribution is -0.108. The maximum Gasteiger partial charge on any atom is 0.508 e. The maximum absolute atomic E-state index is 12.2. The molecule has 1 aromatic rings. The lowest BCUT2D eigenvalue weighted by atomic mass is 10.4. The second-order valence-electron chi connectivity index (χ2n) is 6.32. The molecule has 2 unspecified atom stereocenters. The Morgan fingerprint density at radius 3 is 2.52 bits per heavy atom. The molecule has 0 bridgehead atoms. The van der Waals surface area contributed by atoms with Gasteiger partial charge in [0.1, 0.15) is 12.4 Å². The smallest absolute Gasteiger partial charge is 0.449 e. The molecule has 0 radical (unpaired) electrons. The fourth-order valence-electron chi connectivity index (χ4n) is 2.41. The van der Waals surface area contributed by atoms with Gasteiger partial charge in [-0.25, -0.2) is 14.4 Å². The SMILES string of the molecule is O=C(Nc1ccn(C2COC(COC(=O)OCCCCCl)O2)c(=O)n1)OCCCCCl. The lowest BCUT2D eigenvalue weighted by Crippen LogP contribution is -2.29. The summed E-state index contributed by atoms with van der Waals surface area (Å²) >= 11 is 11.1. The van der Waals surface area contributed by atoms with Gasteiger partial charge in [0.05, 0.1) is 19.8 Å². The molecule has 1 aliphatic heterocycles. The molecule has 1 aliphatic rings. The van der Waals surface area contributed by atoms with Crippen LogP contribution >= 0.6 is 23.2 Å². The van der Waals surface area contributed by atoms with Gasteiger partial charge in [0, 0.05) is 18.0 Å². The van der Waals surface area contributed by atoms with Crippen molar-refractivity contribution < 1.29 is 33.3 Å². The van der Waals surface area contributed by atoms with Crippen LogP contribution in [-0.2, 0) is 23.7 Å². The van der Waals surface area contributed by atoms with Gasteiger partial charge in [-0.15, -0.1) is 23.2 Å². The van der Waals surface area contributed by atoms with Crippen molar-refractivity contribution in [2.75, 3.05) is 43.5 Å². The number of aromatic nitrogens is 2. The van der Waals surface area contributed by atoms with Gasteiger partial charge in [-0.1, -0.05) is 0 Å². The molecule has 0 aliphatic carbocycles. The summed E-state index contributed by atoms with van der Waals surface area (Å²) in [5.74, 6) is 1.02. The number of nitrogens with zero attached hydrogens (tertiary/aromatic N) is 2. The fourth-order valence-corrected chi connectivity index (χ4v) is 2.79. The molecule has 1 aromatic heterocycles. The molecular formula is C18H25Cl2N3O8. The largest absolute Gasteiger partial charge is 0.508 e. The first kappa shape index (κ1) is 25.2. The topological polar surface area (TPSA) is 127 Å². The van der Waals surface area contributed by atoms with Gasteiger partial charge < -0.3 is 23.7 Å². The summed E-state index contributed by atoms with van der Waals surface area (Å²) in [5.41, 5.74) is -0.659. The molecule has 11 nitrogen and oxygen atoms in total. The van der Waals surface area contributed by atoms with Crippen molar-refractivity contribution in [3.63, 3.8) is 0 Å². The van der Waals surface area contributed by atoms with E-state index in [4.69, 9.17) is 46.9 Å². The number of carbonyl (C=O) groups excluding carboxylic acids is 2. The molecule has 13 heteroatoms. The normalized spacial score (nSPS) is 17.9. The van der Waals surface area contributed by atoms with Gasteiger partial charge in [0.2, 0.25) is 0 Å². The van der Waals surface area contributed by atoms with E-state index in [1.165, 1.54) is 16.8 Å². The van der Waals surface area contributed by atoms with Gasteiger partial charge in [0.15, 0.2) is 12.5 Å². The average Bonchev–Trinajstić information content (AvgIpc) is 3.22. The van der Waals surface area contributed by atoms with E-state index in [1.54, 1.807) is 0 Å². The zero-order valence-corrected chi connectivity index (χ0v) is 18.3. The Balaban J connectivity index is 1.75. The van der Waals surface area contributed by atoms with Crippen LogP contribution in [0.3, 0.4) is 0 Å². The molecule has 1 saturated heterocycles. The highest BCUT2D eigenvalue weighted by Gasteiger charge is 2.29. The van der Waals surface area contributed by atoms with E-state index >= 15 is 0 Å². The molecule has 2 rings (SSSR count). The van der Waals surface area contributed by atoms with Crippen molar-refractivity contribution >= 4 is 41.3 Å². The molecule has 31 heavy (non-hydrogen) atoms. The summed E-state index contributed by atoms with van der Waals surface area (Å²) in [4.78, 5) is 39.2. The fraction of sp³-hybridized carbons (Fsp3) is 0.667. The monoisotopic (exact) mass is 481 g/mol. The highest BCUT2D eigenvalue weighted by molar-refractivity contribution is 6.18. The Hall–Kier alpha value is -2.08. The van der Waals surface area contributed by atoms with Gasteiger partial charge in [-0.05, 0) is 31.7 Å². The number of hydrogen-bond acceptors (Lipinski definition) is 9. The Kier molecular flexibility index (Phi) is 11.4. The molecule has 0 aromatic carbocycles. The summed E-state index contributed by atoms with van der Waals surface area (Å²) in [6, 6.07) is 1.42. The van der Waals surface area contributed by atoms with Crippen molar-refractivity contribution in [2.24, 2.45) is 0 Å². The molecule has 2 atom stereocenters. The van der Waals surface area contributed by atoms with Crippen LogP contribution in [0.15, 0.2) is 17.1 Å². The van der Waals surface area contributed by atoms with Crippen LogP contribution in [0.5, 0.6) is 0 Å². The van der Waals surface area contributed by atoms with Gasteiger partial charge in [-0.3, -0.25) is 9.88 Å². The van der Waals surface area contributed by atoms with Crippen LogP contribution in [-0.4, -0.2) is 66.3 Å². The van der Waals surface area contributed by atoms with Crippen LogP contribution in [0.1, 0.15) is 31.9 Å². The van der Waals surface area contributed by atoms with Crippen molar-refractivity contribution in [3.05, 3.63) is 22.7 Å².